The smallest absolute Gasteiger partial charge is 0.372 e. The zero-order valence-electron chi connectivity index (χ0n) is 22.6. The molecule has 0 saturated heterocycles. The third-order valence-corrected chi connectivity index (χ3v) is 6.26. The molecule has 3 heterocycles. The third-order valence-electron chi connectivity index (χ3n) is 5.95. The van der Waals surface area contributed by atoms with Crippen molar-refractivity contribution in [3.63, 3.8) is 0 Å². The Morgan fingerprint density at radius 2 is 1.50 bits per heavy atom. The molecule has 15 heteroatoms. The van der Waals surface area contributed by atoms with E-state index in [0.29, 0.717) is 16.7 Å². The highest BCUT2D eigenvalue weighted by Crippen LogP contribution is 2.34. The highest BCUT2D eigenvalue weighted by molar-refractivity contribution is 6.33. The number of aliphatic carboxylic acids is 2. The van der Waals surface area contributed by atoms with Crippen LogP contribution in [0.4, 0.5) is 5.69 Å². The number of halogens is 1. The van der Waals surface area contributed by atoms with Gasteiger partial charge in [0.1, 0.15) is 5.65 Å². The van der Waals surface area contributed by atoms with Gasteiger partial charge in [0.15, 0.2) is 0 Å². The Balaban J connectivity index is 0.000000199. The van der Waals surface area contributed by atoms with Crippen LogP contribution in [-0.4, -0.2) is 64.4 Å². The van der Waals surface area contributed by atoms with Crippen LogP contribution in [0.1, 0.15) is 39.3 Å². The van der Waals surface area contributed by atoms with Gasteiger partial charge in [0.2, 0.25) is 5.78 Å². The van der Waals surface area contributed by atoms with E-state index in [0.717, 1.165) is 40.5 Å². The SMILES string of the molecule is Cc1cc2cc(-c3ccccc3)c3c(C(=O)O)cc(n1)n23.O=C(O)CCC(=O)C(=O)O.O=C(O)c1ccc([N+](=O)[O-])cc1Cl. The lowest BCUT2D eigenvalue weighted by atomic mass is 10.1. The number of rotatable bonds is 8. The van der Waals surface area contributed by atoms with Crippen LogP contribution < -0.4 is 0 Å². The zero-order chi connectivity index (χ0) is 32.7. The van der Waals surface area contributed by atoms with Crippen molar-refractivity contribution in [1.82, 2.24) is 9.38 Å². The van der Waals surface area contributed by atoms with E-state index >= 15 is 0 Å². The molecule has 0 amide bonds. The molecule has 0 radical (unpaired) electrons. The summed E-state index contributed by atoms with van der Waals surface area (Å²) in [7, 11) is 0. The van der Waals surface area contributed by atoms with Crippen molar-refractivity contribution in [2.24, 2.45) is 0 Å². The predicted molar refractivity (Wildman–Crippen MR) is 156 cm³/mol. The maximum Gasteiger partial charge on any atom is 0.372 e. The standard InChI is InChI=1S/C17H12N2O2.C7H4ClNO4.C5H6O5/c1-10-7-12-8-13(11-5-3-2-4-6-11)16-14(17(20)21)9-15(18-10)19(12)16;8-6-3-4(9(12)13)1-2-5(6)7(10)11;6-3(5(9)10)1-2-4(7)8/h2-9H,1H3,(H,20,21);1-3H,(H,10,11);1-2H2,(H,7,8)(H,9,10). The lowest BCUT2D eigenvalue weighted by Gasteiger charge is -1.99. The number of aromatic nitrogens is 2. The van der Waals surface area contributed by atoms with Crippen LogP contribution in [0.25, 0.3) is 27.8 Å². The minimum atomic E-state index is -1.58. The van der Waals surface area contributed by atoms with E-state index in [4.69, 9.17) is 26.9 Å². The topological polar surface area (TPSA) is 227 Å². The number of non-ortho nitro benzene ring substituents is 1. The molecule has 2 aromatic carbocycles. The van der Waals surface area contributed by atoms with Gasteiger partial charge >= 0.3 is 23.9 Å². The number of hydrogen-bond donors (Lipinski definition) is 4. The molecule has 0 aliphatic rings. The highest BCUT2D eigenvalue weighted by Gasteiger charge is 2.21. The molecule has 0 aliphatic heterocycles. The van der Waals surface area contributed by atoms with Crippen LogP contribution in [0.15, 0.2) is 66.7 Å². The minimum Gasteiger partial charge on any atom is -0.481 e. The van der Waals surface area contributed by atoms with Gasteiger partial charge in [0, 0.05) is 29.8 Å². The second-order valence-corrected chi connectivity index (χ2v) is 9.41. The summed E-state index contributed by atoms with van der Waals surface area (Å²) in [6.07, 6.45) is -0.865. The Hall–Kier alpha value is -5.89. The highest BCUT2D eigenvalue weighted by atomic mass is 35.5. The van der Waals surface area contributed by atoms with Gasteiger partial charge in [-0.15, -0.1) is 0 Å². The maximum atomic E-state index is 11.6. The fraction of sp³-hybridized carbons (Fsp3) is 0.103. The number of carboxylic acids is 4. The molecule has 3 aromatic heterocycles. The number of benzene rings is 2. The molecule has 0 fully saturated rings. The number of carbonyl (C=O) groups is 5. The van der Waals surface area contributed by atoms with E-state index in [2.05, 4.69) is 4.98 Å². The van der Waals surface area contributed by atoms with Crippen molar-refractivity contribution in [2.45, 2.75) is 19.8 Å². The van der Waals surface area contributed by atoms with Crippen LogP contribution in [0.5, 0.6) is 0 Å². The molecule has 0 bridgehead atoms. The first-order valence-electron chi connectivity index (χ1n) is 12.4. The van der Waals surface area contributed by atoms with Gasteiger partial charge in [-0.25, -0.2) is 19.4 Å². The molecule has 0 unspecified atom stereocenters. The van der Waals surface area contributed by atoms with Crippen molar-refractivity contribution in [3.8, 4) is 11.1 Å². The van der Waals surface area contributed by atoms with E-state index in [1.54, 1.807) is 6.07 Å². The Morgan fingerprint density at radius 3 is 2.02 bits per heavy atom. The summed E-state index contributed by atoms with van der Waals surface area (Å²) in [5.41, 5.74) is 5.10. The first-order chi connectivity index (χ1) is 20.7. The molecule has 14 nitrogen and oxygen atoms in total. The molecule has 4 N–H and O–H groups in total. The molecule has 5 aromatic rings. The number of nitro benzene ring substituents is 1. The summed E-state index contributed by atoms with van der Waals surface area (Å²) in [6, 6.07) is 18.7. The van der Waals surface area contributed by atoms with Gasteiger partial charge in [-0.2, -0.15) is 0 Å². The zero-order valence-corrected chi connectivity index (χ0v) is 23.4. The molecule has 226 valence electrons. The number of carbonyl (C=O) groups excluding carboxylic acids is 1. The number of ketones is 1. The fourth-order valence-corrected chi connectivity index (χ4v) is 4.30. The van der Waals surface area contributed by atoms with Crippen LogP contribution in [0.2, 0.25) is 5.02 Å². The second-order valence-electron chi connectivity index (χ2n) is 9.00. The number of Topliss-reactive ketones (excluding diaryl/α,β-unsaturated/α-hetero) is 1. The number of hydrogen-bond acceptors (Lipinski definition) is 8. The summed E-state index contributed by atoms with van der Waals surface area (Å²) in [5.74, 6) is -5.96. The minimum absolute atomic E-state index is 0.137. The Kier molecular flexibility index (Phi) is 10.3. The number of carboxylic acid groups (broad SMARTS) is 4. The third kappa shape index (κ3) is 7.68. The molecule has 5 rings (SSSR count). The quantitative estimate of drug-likeness (QED) is 0.101. The largest absolute Gasteiger partial charge is 0.481 e. The Labute approximate surface area is 251 Å². The van der Waals surface area contributed by atoms with Gasteiger partial charge in [-0.1, -0.05) is 41.9 Å². The van der Waals surface area contributed by atoms with Crippen LogP contribution in [-0.2, 0) is 14.4 Å². The molecule has 0 saturated carbocycles. The Bertz CT molecular complexity index is 1900. The average Bonchev–Trinajstić information content (AvgIpc) is 3.53. The normalized spacial score (nSPS) is 10.3. The average molecular weight is 624 g/mol. The van der Waals surface area contributed by atoms with Crippen molar-refractivity contribution >= 4 is 63.6 Å². The van der Waals surface area contributed by atoms with E-state index in [9.17, 15) is 39.2 Å². The lowest BCUT2D eigenvalue weighted by molar-refractivity contribution is -0.384. The van der Waals surface area contributed by atoms with Crippen LogP contribution in [0.3, 0.4) is 0 Å². The summed E-state index contributed by atoms with van der Waals surface area (Å²) in [6.45, 7) is 1.91. The van der Waals surface area contributed by atoms with E-state index in [1.807, 2.05) is 53.8 Å². The molecular formula is C29H22ClN3O11. The van der Waals surface area contributed by atoms with Crippen LogP contribution in [0, 0.1) is 17.0 Å². The monoisotopic (exact) mass is 623 g/mol. The first-order valence-corrected chi connectivity index (χ1v) is 12.8. The maximum absolute atomic E-state index is 11.6. The van der Waals surface area contributed by atoms with E-state index in [-0.39, 0.29) is 16.3 Å². The second kappa shape index (κ2) is 13.8. The van der Waals surface area contributed by atoms with Gasteiger partial charge in [-0.3, -0.25) is 24.1 Å². The first kappa shape index (κ1) is 32.6. The van der Waals surface area contributed by atoms with Crippen molar-refractivity contribution in [1.29, 1.82) is 0 Å². The predicted octanol–water partition coefficient (Wildman–Crippen LogP) is 5.05. The lowest BCUT2D eigenvalue weighted by Crippen LogP contribution is -2.13. The van der Waals surface area contributed by atoms with Gasteiger partial charge in [0.25, 0.3) is 5.69 Å². The molecular weight excluding hydrogens is 602 g/mol. The molecule has 0 aliphatic carbocycles. The van der Waals surface area contributed by atoms with Crippen molar-refractivity contribution in [2.75, 3.05) is 0 Å². The Morgan fingerprint density at radius 1 is 0.864 bits per heavy atom. The van der Waals surface area contributed by atoms with E-state index < -0.39 is 47.4 Å². The number of nitrogens with zero attached hydrogens (tertiary/aromatic N) is 3. The number of nitro groups is 1. The summed E-state index contributed by atoms with van der Waals surface area (Å²) < 4.78 is 1.92. The summed E-state index contributed by atoms with van der Waals surface area (Å²) in [4.78, 5) is 65.8. The molecule has 0 atom stereocenters. The van der Waals surface area contributed by atoms with Gasteiger partial charge < -0.3 is 20.4 Å². The van der Waals surface area contributed by atoms with E-state index in [1.165, 1.54) is 0 Å². The number of aromatic carboxylic acids is 2. The fourth-order valence-electron chi connectivity index (χ4n) is 4.04. The van der Waals surface area contributed by atoms with Crippen LogP contribution >= 0.6 is 11.6 Å². The van der Waals surface area contributed by atoms with Crippen molar-refractivity contribution in [3.05, 3.63) is 98.7 Å². The number of aryl methyl sites for hydroxylation is 1. The van der Waals surface area contributed by atoms with Gasteiger partial charge in [0.05, 0.1) is 38.5 Å². The molecule has 0 spiro atoms. The molecule has 44 heavy (non-hydrogen) atoms. The van der Waals surface area contributed by atoms with Gasteiger partial charge in [-0.05, 0) is 36.8 Å². The van der Waals surface area contributed by atoms with Crippen molar-refractivity contribution < 1.29 is 49.3 Å². The summed E-state index contributed by atoms with van der Waals surface area (Å²) >= 11 is 5.48. The summed E-state index contributed by atoms with van der Waals surface area (Å²) in [5, 5.41) is 44.1.